The van der Waals surface area contributed by atoms with Crippen LogP contribution in [0.4, 0.5) is 0 Å². The van der Waals surface area contributed by atoms with E-state index in [4.69, 9.17) is 10.2 Å². The maximum Gasteiger partial charge on any atom is 0.336 e. The molecule has 4 nitrogen and oxygen atoms in total. The van der Waals surface area contributed by atoms with Gasteiger partial charge in [0.2, 0.25) is 0 Å². The van der Waals surface area contributed by atoms with E-state index < -0.39 is 19.2 Å². The molecule has 2 N–H and O–H groups in total. The average Bonchev–Trinajstić information content (AvgIpc) is 3.09. The van der Waals surface area contributed by atoms with Gasteiger partial charge in [0.1, 0.15) is 0 Å². The van der Waals surface area contributed by atoms with E-state index in [2.05, 4.69) is 27.7 Å². The molecule has 0 saturated heterocycles. The van der Waals surface area contributed by atoms with E-state index in [0.29, 0.717) is 9.79 Å². The second-order valence-electron chi connectivity index (χ2n) is 13.6. The van der Waals surface area contributed by atoms with Crippen molar-refractivity contribution >= 4 is 31.0 Å². The Morgan fingerprint density at radius 3 is 1.08 bits per heavy atom. The smallest absolute Gasteiger partial charge is 0.336 e. The summed E-state index contributed by atoms with van der Waals surface area (Å²) >= 11 is 1.14. The zero-order valence-electron chi connectivity index (χ0n) is 31.2. The summed E-state index contributed by atoms with van der Waals surface area (Å²) in [5, 5.41) is 18.2. The van der Waals surface area contributed by atoms with Crippen LogP contribution < -0.4 is 0 Å². The van der Waals surface area contributed by atoms with Crippen molar-refractivity contribution in [2.24, 2.45) is 0 Å². The van der Waals surface area contributed by atoms with E-state index in [1.54, 1.807) is 67.5 Å². The summed E-state index contributed by atoms with van der Waals surface area (Å²) in [5.41, 5.74) is 0.320. The number of unbranched alkanes of at least 4 members (excludes halogenated alkanes) is 16. The summed E-state index contributed by atoms with van der Waals surface area (Å²) in [7, 11) is -0.630. The number of carbonyl (C=O) groups is 2. The summed E-state index contributed by atoms with van der Waals surface area (Å²) in [6.07, 6.45) is 36.0. The highest BCUT2D eigenvalue weighted by molar-refractivity contribution is 7.99. The fourth-order valence-electron chi connectivity index (χ4n) is 6.38. The third-order valence-corrected chi connectivity index (χ3v) is 15.6. The predicted octanol–water partition coefficient (Wildman–Crippen LogP) is 14.1. The van der Waals surface area contributed by atoms with Crippen LogP contribution >= 0.6 is 19.0 Å². The zero-order valence-corrected chi connectivity index (χ0v) is 32.9. The normalized spacial score (nSPS) is 11.2. The van der Waals surface area contributed by atoms with Crippen LogP contribution in [0.3, 0.4) is 0 Å². The standard InChI is InChI=1S/C28H60P.C14H10O4S/c1-5-9-13-14-15-16-17-18-19-20-21-22-23-24-28-29(25-10-6-2,26-11-7-3)27-12-8-4;15-13(16)9-5-1-3-7-11(9)19-12-8-4-2-6-10(12)14(17)18/h5-28H2,1-4H3;1-8H,(H,15,16)(H,17,18)/q+1;. The molecule has 2 aromatic carbocycles. The van der Waals surface area contributed by atoms with E-state index in [0.717, 1.165) is 11.8 Å². The number of hydrogen-bond acceptors (Lipinski definition) is 3. The minimum atomic E-state index is -1.03. The van der Waals surface area contributed by atoms with Gasteiger partial charge >= 0.3 is 11.9 Å². The van der Waals surface area contributed by atoms with Gasteiger partial charge in [0, 0.05) is 17.1 Å². The number of rotatable bonds is 28. The molecule has 0 bridgehead atoms. The lowest BCUT2D eigenvalue weighted by atomic mass is 10.0. The van der Waals surface area contributed by atoms with Gasteiger partial charge in [-0.15, -0.1) is 0 Å². The molecule has 0 radical (unpaired) electrons. The van der Waals surface area contributed by atoms with Crippen LogP contribution in [0.1, 0.15) is 177 Å². The molecule has 0 unspecified atom stereocenters. The number of aromatic carboxylic acids is 2. The van der Waals surface area contributed by atoms with Crippen molar-refractivity contribution in [1.82, 2.24) is 0 Å². The van der Waals surface area contributed by atoms with Gasteiger partial charge in [-0.2, -0.15) is 0 Å². The monoisotopic (exact) mass is 701 g/mol. The Hall–Kier alpha value is -1.84. The largest absolute Gasteiger partial charge is 0.478 e. The molecule has 2 rings (SSSR count). The summed E-state index contributed by atoms with van der Waals surface area (Å²) < 4.78 is 0. The van der Waals surface area contributed by atoms with Crippen molar-refractivity contribution in [2.75, 3.05) is 24.6 Å². The molecule has 0 aliphatic carbocycles. The second kappa shape index (κ2) is 28.9. The Morgan fingerprint density at radius 2 is 0.750 bits per heavy atom. The van der Waals surface area contributed by atoms with Crippen molar-refractivity contribution in [1.29, 1.82) is 0 Å². The molecular weight excluding hydrogens is 631 g/mol. The van der Waals surface area contributed by atoms with Gasteiger partial charge in [-0.25, -0.2) is 9.59 Å². The van der Waals surface area contributed by atoms with Crippen LogP contribution in [-0.4, -0.2) is 46.8 Å². The number of hydrogen-bond donors (Lipinski definition) is 2. The van der Waals surface area contributed by atoms with Crippen LogP contribution in [0.15, 0.2) is 58.3 Å². The maximum atomic E-state index is 11.1. The Morgan fingerprint density at radius 1 is 0.458 bits per heavy atom. The lowest BCUT2D eigenvalue weighted by molar-refractivity contribution is 0.0683. The van der Waals surface area contributed by atoms with Crippen molar-refractivity contribution in [3.8, 4) is 0 Å². The summed E-state index contributed by atoms with van der Waals surface area (Å²) in [4.78, 5) is 23.2. The van der Waals surface area contributed by atoms with Gasteiger partial charge in [0.25, 0.3) is 0 Å². The molecule has 6 heteroatoms. The van der Waals surface area contributed by atoms with E-state index in [9.17, 15) is 9.59 Å². The first kappa shape index (κ1) is 44.2. The number of carboxylic acids is 2. The first-order valence-corrected chi connectivity index (χ1v) is 22.9. The van der Waals surface area contributed by atoms with Crippen LogP contribution in [0.2, 0.25) is 0 Å². The van der Waals surface area contributed by atoms with Crippen LogP contribution in [0.5, 0.6) is 0 Å². The second-order valence-corrected chi connectivity index (χ2v) is 19.2. The number of benzene rings is 2. The van der Waals surface area contributed by atoms with E-state index in [1.165, 1.54) is 134 Å². The predicted molar refractivity (Wildman–Crippen MR) is 212 cm³/mol. The van der Waals surface area contributed by atoms with E-state index in [1.807, 2.05) is 0 Å². The zero-order chi connectivity index (χ0) is 35.3. The molecule has 0 atom stereocenters. The molecule has 0 amide bonds. The van der Waals surface area contributed by atoms with Crippen LogP contribution in [-0.2, 0) is 0 Å². The Labute approximate surface area is 300 Å². The maximum absolute atomic E-state index is 11.1. The summed E-state index contributed by atoms with van der Waals surface area (Å²) in [5.74, 6) is -2.06. The molecule has 0 aliphatic rings. The molecule has 2 aromatic rings. The van der Waals surface area contributed by atoms with Gasteiger partial charge in [0.15, 0.2) is 0 Å². The number of carboxylic acid groups (broad SMARTS) is 2. The molecule has 272 valence electrons. The fourth-order valence-corrected chi connectivity index (χ4v) is 12.6. The first-order chi connectivity index (χ1) is 23.3. The minimum Gasteiger partial charge on any atom is -0.478 e. The average molecular weight is 702 g/mol. The van der Waals surface area contributed by atoms with Crippen LogP contribution in [0.25, 0.3) is 0 Å². The van der Waals surface area contributed by atoms with Crippen molar-refractivity contribution < 1.29 is 19.8 Å². The van der Waals surface area contributed by atoms with Gasteiger partial charge in [0.05, 0.1) is 35.8 Å². The molecule has 0 fully saturated rings. The molecule has 0 saturated carbocycles. The lowest BCUT2D eigenvalue weighted by Crippen LogP contribution is -2.13. The van der Waals surface area contributed by atoms with Crippen molar-refractivity contribution in [3.63, 3.8) is 0 Å². The third-order valence-electron chi connectivity index (χ3n) is 9.40. The molecule has 0 aliphatic heterocycles. The molecule has 48 heavy (non-hydrogen) atoms. The van der Waals surface area contributed by atoms with Crippen molar-refractivity contribution in [3.05, 3.63) is 59.7 Å². The highest BCUT2D eigenvalue weighted by Gasteiger charge is 2.34. The Kier molecular flexibility index (Phi) is 26.6. The Balaban J connectivity index is 0.000000519. The van der Waals surface area contributed by atoms with Gasteiger partial charge in [-0.3, -0.25) is 0 Å². The van der Waals surface area contributed by atoms with Crippen molar-refractivity contribution in [2.45, 2.75) is 166 Å². The van der Waals surface area contributed by atoms with Gasteiger partial charge < -0.3 is 10.2 Å². The fraction of sp³-hybridized carbons (Fsp3) is 0.667. The molecule has 0 aromatic heterocycles. The van der Waals surface area contributed by atoms with Gasteiger partial charge in [-0.1, -0.05) is 160 Å². The Bertz CT molecular complexity index is 1030. The topological polar surface area (TPSA) is 74.6 Å². The lowest BCUT2D eigenvalue weighted by Gasteiger charge is -2.28. The van der Waals surface area contributed by atoms with E-state index >= 15 is 0 Å². The molecule has 0 spiro atoms. The molecule has 0 heterocycles. The first-order valence-electron chi connectivity index (χ1n) is 19.5. The highest BCUT2D eigenvalue weighted by Crippen LogP contribution is 2.61. The van der Waals surface area contributed by atoms with Gasteiger partial charge in [-0.05, 0) is 56.4 Å². The SMILES string of the molecule is CCCCCCCCCCCCCCCC[P+](CCCC)(CCCC)CCCC.O=C(O)c1ccccc1Sc1ccccc1C(=O)O. The summed E-state index contributed by atoms with van der Waals surface area (Å²) in [6.45, 7) is 9.48. The summed E-state index contributed by atoms with van der Waals surface area (Å²) in [6, 6.07) is 13.0. The minimum absolute atomic E-state index is 0.160. The molecular formula is C42H70O4PS+. The van der Waals surface area contributed by atoms with E-state index in [-0.39, 0.29) is 11.1 Å². The van der Waals surface area contributed by atoms with Crippen LogP contribution in [0, 0.1) is 0 Å². The quantitative estimate of drug-likeness (QED) is 0.0682. The highest BCUT2D eigenvalue weighted by atomic mass is 32.2. The third kappa shape index (κ3) is 20.0.